The summed E-state index contributed by atoms with van der Waals surface area (Å²) in [4.78, 5) is 16.6. The van der Waals surface area contributed by atoms with Crippen molar-refractivity contribution in [2.24, 2.45) is 0 Å². The molecule has 1 N–H and O–H groups in total. The molecule has 0 atom stereocenters. The van der Waals surface area contributed by atoms with Gasteiger partial charge in [-0.05, 0) is 36.4 Å². The van der Waals surface area contributed by atoms with Crippen LogP contribution >= 0.6 is 11.6 Å². The third-order valence-corrected chi connectivity index (χ3v) is 3.85. The van der Waals surface area contributed by atoms with Crippen molar-refractivity contribution >= 4 is 17.5 Å². The Bertz CT molecular complexity index is 974. The topological polar surface area (TPSA) is 56.1 Å². The van der Waals surface area contributed by atoms with Crippen molar-refractivity contribution in [3.63, 3.8) is 0 Å². The Morgan fingerprint density at radius 1 is 1.12 bits per heavy atom. The largest absolute Gasteiger partial charge is 0.296 e. The van der Waals surface area contributed by atoms with Gasteiger partial charge in [0, 0.05) is 11.6 Å². The molecule has 3 aromatic rings. The summed E-state index contributed by atoms with van der Waals surface area (Å²) in [5, 5.41) is 3.86. The minimum Gasteiger partial charge on any atom is -0.277 e. The summed E-state index contributed by atoms with van der Waals surface area (Å²) in [6.45, 7) is 0. The lowest BCUT2D eigenvalue weighted by molar-refractivity contribution is 0.0532. The average Bonchev–Trinajstić information content (AvgIpc) is 2.95. The lowest BCUT2D eigenvalue weighted by Gasteiger charge is -2.09. The number of amides is 1. The minimum absolute atomic E-state index is 0.0948. The number of halogens is 4. The number of nitrogens with zero attached hydrogens (tertiary/aromatic N) is 2. The van der Waals surface area contributed by atoms with Crippen LogP contribution in [0.5, 0.6) is 0 Å². The SMILES string of the molecule is CONC(=O)c1nn(-c2cc(F)ccc2F)c(-c2ccc(F)cc2)c1Cl. The predicted molar refractivity (Wildman–Crippen MR) is 88.4 cm³/mol. The molecule has 0 radical (unpaired) electrons. The summed E-state index contributed by atoms with van der Waals surface area (Å²) >= 11 is 6.27. The van der Waals surface area contributed by atoms with Crippen LogP contribution in [0.1, 0.15) is 10.5 Å². The van der Waals surface area contributed by atoms with Crippen LogP contribution in [0.15, 0.2) is 42.5 Å². The van der Waals surface area contributed by atoms with Gasteiger partial charge in [-0.25, -0.2) is 23.3 Å². The van der Waals surface area contributed by atoms with E-state index in [0.29, 0.717) is 5.56 Å². The van der Waals surface area contributed by atoms with E-state index in [1.165, 1.54) is 31.4 Å². The smallest absolute Gasteiger partial charge is 0.277 e. The van der Waals surface area contributed by atoms with Gasteiger partial charge in [-0.2, -0.15) is 5.10 Å². The van der Waals surface area contributed by atoms with Gasteiger partial charge in [0.1, 0.15) is 28.2 Å². The van der Waals surface area contributed by atoms with E-state index < -0.39 is 23.4 Å². The Labute approximate surface area is 150 Å². The number of carbonyl (C=O) groups is 1. The normalized spacial score (nSPS) is 10.8. The van der Waals surface area contributed by atoms with Gasteiger partial charge in [-0.1, -0.05) is 11.6 Å². The fourth-order valence-electron chi connectivity index (χ4n) is 2.36. The molecule has 0 spiro atoms. The van der Waals surface area contributed by atoms with Gasteiger partial charge in [0.05, 0.1) is 12.8 Å². The second kappa shape index (κ2) is 7.19. The molecule has 1 amide bonds. The molecule has 9 heteroatoms. The number of carbonyl (C=O) groups excluding carboxylic acids is 1. The van der Waals surface area contributed by atoms with Crippen LogP contribution in [-0.2, 0) is 4.84 Å². The van der Waals surface area contributed by atoms with Gasteiger partial charge < -0.3 is 0 Å². The maximum atomic E-state index is 14.2. The molecular weight excluding hydrogens is 371 g/mol. The molecule has 0 fully saturated rings. The number of rotatable bonds is 4. The van der Waals surface area contributed by atoms with E-state index in [1.54, 1.807) is 0 Å². The zero-order valence-electron chi connectivity index (χ0n) is 13.3. The molecule has 0 saturated carbocycles. The minimum atomic E-state index is -0.785. The Morgan fingerprint density at radius 2 is 1.77 bits per heavy atom. The van der Waals surface area contributed by atoms with Gasteiger partial charge >= 0.3 is 0 Å². The van der Waals surface area contributed by atoms with Crippen molar-refractivity contribution < 1.29 is 22.8 Å². The molecular formula is C17H11ClF3N3O2. The molecule has 26 heavy (non-hydrogen) atoms. The van der Waals surface area contributed by atoms with Crippen LogP contribution in [0, 0.1) is 17.5 Å². The first kappa shape index (κ1) is 18.0. The number of benzene rings is 2. The number of hydrogen-bond donors (Lipinski definition) is 1. The standard InChI is InChI=1S/C17H11ClF3N3O2/c1-26-23-17(25)15-14(18)16(9-2-4-10(19)5-3-9)24(22-15)13-8-11(20)6-7-12(13)21/h2-8H,1H3,(H,23,25). The van der Waals surface area contributed by atoms with Gasteiger partial charge in [-0.15, -0.1) is 0 Å². The first-order valence-electron chi connectivity index (χ1n) is 7.25. The maximum Gasteiger partial charge on any atom is 0.296 e. The van der Waals surface area contributed by atoms with Crippen molar-refractivity contribution in [2.75, 3.05) is 7.11 Å². The molecule has 1 aromatic heterocycles. The molecule has 3 rings (SSSR count). The first-order chi connectivity index (χ1) is 12.4. The van der Waals surface area contributed by atoms with Crippen LogP contribution in [0.3, 0.4) is 0 Å². The van der Waals surface area contributed by atoms with Gasteiger partial charge in [0.15, 0.2) is 5.69 Å². The molecule has 0 aliphatic rings. The van der Waals surface area contributed by atoms with Crippen LogP contribution in [0.4, 0.5) is 13.2 Å². The van der Waals surface area contributed by atoms with Gasteiger partial charge in [0.2, 0.25) is 0 Å². The summed E-state index contributed by atoms with van der Waals surface area (Å²) in [7, 11) is 1.22. The highest BCUT2D eigenvalue weighted by Crippen LogP contribution is 2.34. The van der Waals surface area contributed by atoms with Crippen LogP contribution in [-0.4, -0.2) is 22.8 Å². The van der Waals surface area contributed by atoms with Gasteiger partial charge in [0.25, 0.3) is 5.91 Å². The quantitative estimate of drug-likeness (QED) is 0.697. The van der Waals surface area contributed by atoms with Crippen molar-refractivity contribution in [2.45, 2.75) is 0 Å². The molecule has 0 aliphatic heterocycles. The summed E-state index contributed by atoms with van der Waals surface area (Å²) in [6, 6.07) is 7.86. The van der Waals surface area contributed by atoms with Crippen LogP contribution in [0.2, 0.25) is 5.02 Å². The van der Waals surface area contributed by atoms with E-state index >= 15 is 0 Å². The fourth-order valence-corrected chi connectivity index (χ4v) is 2.68. The molecule has 1 heterocycles. The van der Waals surface area contributed by atoms with Crippen LogP contribution in [0.25, 0.3) is 16.9 Å². The van der Waals surface area contributed by atoms with Gasteiger partial charge in [-0.3, -0.25) is 9.63 Å². The van der Waals surface area contributed by atoms with Crippen molar-refractivity contribution in [1.29, 1.82) is 0 Å². The van der Waals surface area contributed by atoms with Crippen LogP contribution < -0.4 is 5.48 Å². The third-order valence-electron chi connectivity index (χ3n) is 3.49. The first-order valence-corrected chi connectivity index (χ1v) is 7.63. The van der Waals surface area contributed by atoms with Crippen molar-refractivity contribution in [1.82, 2.24) is 15.3 Å². The molecule has 0 unspecified atom stereocenters. The Kier molecular flexibility index (Phi) is 4.97. The summed E-state index contributed by atoms with van der Waals surface area (Å²) < 4.78 is 42.1. The van der Waals surface area contributed by atoms with E-state index in [1.807, 2.05) is 0 Å². The average molecular weight is 382 g/mol. The zero-order valence-corrected chi connectivity index (χ0v) is 14.0. The number of aromatic nitrogens is 2. The zero-order chi connectivity index (χ0) is 18.8. The number of hydroxylamine groups is 1. The highest BCUT2D eigenvalue weighted by molar-refractivity contribution is 6.36. The van der Waals surface area contributed by atoms with E-state index in [0.717, 1.165) is 22.9 Å². The predicted octanol–water partition coefficient (Wildman–Crippen LogP) is 3.90. The molecule has 134 valence electrons. The van der Waals surface area contributed by atoms with E-state index in [2.05, 4.69) is 15.4 Å². The monoisotopic (exact) mass is 381 g/mol. The Hall–Kier alpha value is -2.84. The summed E-state index contributed by atoms with van der Waals surface area (Å²) in [5.74, 6) is -2.77. The highest BCUT2D eigenvalue weighted by Gasteiger charge is 2.25. The van der Waals surface area contributed by atoms with E-state index in [-0.39, 0.29) is 22.1 Å². The summed E-state index contributed by atoms with van der Waals surface area (Å²) in [5.41, 5.74) is 1.97. The van der Waals surface area contributed by atoms with Crippen molar-refractivity contribution in [3.05, 3.63) is 70.6 Å². The lowest BCUT2D eigenvalue weighted by Crippen LogP contribution is -2.22. The maximum absolute atomic E-state index is 14.2. The second-order valence-electron chi connectivity index (χ2n) is 5.16. The number of nitrogens with one attached hydrogen (secondary N) is 1. The molecule has 0 saturated heterocycles. The Balaban J connectivity index is 2.28. The molecule has 2 aromatic carbocycles. The second-order valence-corrected chi connectivity index (χ2v) is 5.54. The van der Waals surface area contributed by atoms with E-state index in [4.69, 9.17) is 11.6 Å². The lowest BCUT2D eigenvalue weighted by atomic mass is 10.1. The molecule has 5 nitrogen and oxygen atoms in total. The molecule has 0 bridgehead atoms. The third kappa shape index (κ3) is 3.29. The highest BCUT2D eigenvalue weighted by atomic mass is 35.5. The number of hydrogen-bond acceptors (Lipinski definition) is 3. The molecule has 0 aliphatic carbocycles. The fraction of sp³-hybridized carbons (Fsp3) is 0.0588. The Morgan fingerprint density at radius 3 is 2.42 bits per heavy atom. The van der Waals surface area contributed by atoms with Crippen molar-refractivity contribution in [3.8, 4) is 16.9 Å². The van der Waals surface area contributed by atoms with E-state index in [9.17, 15) is 18.0 Å². The summed E-state index contributed by atoms with van der Waals surface area (Å²) in [6.07, 6.45) is 0.